The van der Waals surface area contributed by atoms with Crippen LogP contribution in [0, 0.1) is 11.3 Å². The number of aromatic nitrogens is 1. The fourth-order valence-electron chi connectivity index (χ4n) is 1.75. The van der Waals surface area contributed by atoms with E-state index in [1.807, 2.05) is 11.4 Å². The Bertz CT molecular complexity index is 661. The maximum atomic E-state index is 11.7. The number of nitrogens with zero attached hydrogens (tertiary/aromatic N) is 2. The van der Waals surface area contributed by atoms with Gasteiger partial charge in [-0.15, -0.1) is 11.3 Å². The predicted molar refractivity (Wildman–Crippen MR) is 83.0 cm³/mol. The Morgan fingerprint density at radius 2 is 2.33 bits per heavy atom. The lowest BCUT2D eigenvalue weighted by atomic mass is 10.2. The van der Waals surface area contributed by atoms with Gasteiger partial charge in [0.25, 0.3) is 0 Å². The van der Waals surface area contributed by atoms with Crippen molar-refractivity contribution < 1.29 is 4.79 Å². The van der Waals surface area contributed by atoms with Crippen molar-refractivity contribution >= 4 is 28.2 Å². The second kappa shape index (κ2) is 7.26. The van der Waals surface area contributed by atoms with Crippen LogP contribution < -0.4 is 16.4 Å². The number of hydrogen-bond donors (Lipinski definition) is 3. The molecule has 0 aliphatic rings. The second-order valence-electron chi connectivity index (χ2n) is 4.35. The quantitative estimate of drug-likeness (QED) is 0.737. The Morgan fingerprint density at radius 3 is 3.05 bits per heavy atom. The molecule has 1 aromatic carbocycles. The molecule has 21 heavy (non-hydrogen) atoms. The molecule has 7 heteroatoms. The van der Waals surface area contributed by atoms with E-state index < -0.39 is 0 Å². The fraction of sp³-hybridized carbons (Fsp3) is 0.214. The summed E-state index contributed by atoms with van der Waals surface area (Å²) in [5.41, 5.74) is 7.60. The molecule has 2 aromatic rings. The molecule has 0 bridgehead atoms. The number of benzene rings is 1. The van der Waals surface area contributed by atoms with Crippen molar-refractivity contribution in [2.24, 2.45) is 0 Å². The first-order valence-corrected chi connectivity index (χ1v) is 7.30. The largest absolute Gasteiger partial charge is 0.375 e. The van der Waals surface area contributed by atoms with E-state index >= 15 is 0 Å². The molecule has 1 heterocycles. The number of amides is 2. The number of nitriles is 1. The number of carbonyl (C=O) groups excluding carboxylic acids is 1. The number of hydrogen-bond acceptors (Lipinski definition) is 5. The lowest BCUT2D eigenvalue weighted by Crippen LogP contribution is -2.29. The molecule has 0 fully saturated rings. The van der Waals surface area contributed by atoms with Crippen molar-refractivity contribution in [1.82, 2.24) is 10.3 Å². The molecule has 0 unspecified atom stereocenters. The van der Waals surface area contributed by atoms with Gasteiger partial charge in [0, 0.05) is 17.6 Å². The second-order valence-corrected chi connectivity index (χ2v) is 5.24. The van der Waals surface area contributed by atoms with Gasteiger partial charge < -0.3 is 16.4 Å². The highest BCUT2D eigenvalue weighted by Gasteiger charge is 2.03. The molecule has 2 amide bonds. The molecule has 0 aliphatic heterocycles. The van der Waals surface area contributed by atoms with Gasteiger partial charge >= 0.3 is 6.03 Å². The summed E-state index contributed by atoms with van der Waals surface area (Å²) in [6.45, 7) is 0.543. The summed E-state index contributed by atoms with van der Waals surface area (Å²) in [4.78, 5) is 15.8. The van der Waals surface area contributed by atoms with E-state index in [9.17, 15) is 4.79 Å². The fourth-order valence-corrected chi connectivity index (χ4v) is 2.35. The summed E-state index contributed by atoms with van der Waals surface area (Å²) in [5.74, 6) is 0. The zero-order valence-electron chi connectivity index (χ0n) is 11.3. The molecule has 0 spiro atoms. The summed E-state index contributed by atoms with van der Waals surface area (Å²) in [6, 6.07) is 8.50. The van der Waals surface area contributed by atoms with Crippen molar-refractivity contribution in [1.29, 1.82) is 5.26 Å². The molecule has 4 N–H and O–H groups in total. The van der Waals surface area contributed by atoms with Gasteiger partial charge in [0.15, 0.2) is 5.13 Å². The lowest BCUT2D eigenvalue weighted by molar-refractivity contribution is 0.252. The number of nitrogens with two attached hydrogens (primary N) is 1. The Kier molecular flexibility index (Phi) is 5.12. The number of urea groups is 1. The minimum Gasteiger partial charge on any atom is -0.375 e. The van der Waals surface area contributed by atoms with Crippen molar-refractivity contribution in [2.45, 2.75) is 12.8 Å². The summed E-state index contributed by atoms with van der Waals surface area (Å²) < 4.78 is 0. The number of aryl methyl sites for hydroxylation is 1. The maximum Gasteiger partial charge on any atom is 0.319 e. The van der Waals surface area contributed by atoms with Gasteiger partial charge in [0.05, 0.1) is 17.3 Å². The first-order chi connectivity index (χ1) is 10.2. The lowest BCUT2D eigenvalue weighted by Gasteiger charge is -2.07. The van der Waals surface area contributed by atoms with Crippen molar-refractivity contribution in [3.63, 3.8) is 0 Å². The molecule has 0 aliphatic carbocycles. The monoisotopic (exact) mass is 301 g/mol. The highest BCUT2D eigenvalue weighted by atomic mass is 32.1. The van der Waals surface area contributed by atoms with E-state index in [0.29, 0.717) is 22.9 Å². The zero-order chi connectivity index (χ0) is 15.1. The van der Waals surface area contributed by atoms with E-state index in [2.05, 4.69) is 15.6 Å². The van der Waals surface area contributed by atoms with Crippen molar-refractivity contribution in [3.05, 3.63) is 40.9 Å². The number of rotatable bonds is 5. The molecule has 0 radical (unpaired) electrons. The van der Waals surface area contributed by atoms with Gasteiger partial charge in [-0.25, -0.2) is 9.78 Å². The predicted octanol–water partition coefficient (Wildman–Crippen LogP) is 2.35. The number of nitrogen functional groups attached to an aromatic ring is 1. The number of carbonyl (C=O) groups is 1. The Labute approximate surface area is 126 Å². The molecule has 1 aromatic heterocycles. The number of anilines is 2. The third-order valence-electron chi connectivity index (χ3n) is 2.71. The van der Waals surface area contributed by atoms with Crippen LogP contribution in [0.3, 0.4) is 0 Å². The van der Waals surface area contributed by atoms with E-state index in [-0.39, 0.29) is 6.03 Å². The number of nitrogens with one attached hydrogen (secondary N) is 2. The molecule has 0 saturated carbocycles. The Morgan fingerprint density at radius 1 is 1.48 bits per heavy atom. The summed E-state index contributed by atoms with van der Waals surface area (Å²) in [6.07, 6.45) is 1.56. The minimum absolute atomic E-state index is 0.289. The van der Waals surface area contributed by atoms with Crippen LogP contribution in [-0.2, 0) is 6.42 Å². The van der Waals surface area contributed by atoms with Crippen LogP contribution in [0.25, 0.3) is 0 Å². The summed E-state index contributed by atoms with van der Waals surface area (Å²) >= 11 is 1.41. The smallest absolute Gasteiger partial charge is 0.319 e. The van der Waals surface area contributed by atoms with Gasteiger partial charge in [-0.05, 0) is 31.0 Å². The van der Waals surface area contributed by atoms with E-state index in [4.69, 9.17) is 11.0 Å². The topological polar surface area (TPSA) is 104 Å². The Balaban J connectivity index is 1.71. The van der Waals surface area contributed by atoms with Gasteiger partial charge in [0.2, 0.25) is 0 Å². The van der Waals surface area contributed by atoms with Gasteiger partial charge in [-0.3, -0.25) is 0 Å². The van der Waals surface area contributed by atoms with E-state index in [1.54, 1.807) is 24.3 Å². The van der Waals surface area contributed by atoms with Gasteiger partial charge in [0.1, 0.15) is 0 Å². The molecule has 2 rings (SSSR count). The Hall–Kier alpha value is -2.59. The zero-order valence-corrected chi connectivity index (χ0v) is 12.1. The van der Waals surface area contributed by atoms with Crippen LogP contribution in [0.4, 0.5) is 15.6 Å². The van der Waals surface area contributed by atoms with Crippen LogP contribution in [-0.4, -0.2) is 17.6 Å². The first-order valence-electron chi connectivity index (χ1n) is 6.42. The molecular weight excluding hydrogens is 286 g/mol. The highest BCUT2D eigenvalue weighted by Crippen LogP contribution is 2.12. The average molecular weight is 301 g/mol. The van der Waals surface area contributed by atoms with Gasteiger partial charge in [-0.2, -0.15) is 5.26 Å². The van der Waals surface area contributed by atoms with Crippen LogP contribution in [0.1, 0.15) is 17.7 Å². The summed E-state index contributed by atoms with van der Waals surface area (Å²) in [7, 11) is 0. The molecule has 6 nitrogen and oxygen atoms in total. The third-order valence-corrected chi connectivity index (χ3v) is 3.44. The van der Waals surface area contributed by atoms with Gasteiger partial charge in [-0.1, -0.05) is 6.07 Å². The first kappa shape index (κ1) is 14.8. The van der Waals surface area contributed by atoms with E-state index in [0.717, 1.165) is 18.5 Å². The molecule has 0 saturated heterocycles. The number of thiazole rings is 1. The van der Waals surface area contributed by atoms with Crippen LogP contribution >= 0.6 is 11.3 Å². The van der Waals surface area contributed by atoms with Crippen molar-refractivity contribution in [3.8, 4) is 6.07 Å². The molecular formula is C14H15N5OS. The summed E-state index contributed by atoms with van der Waals surface area (Å²) in [5, 5.41) is 16.7. The normalized spacial score (nSPS) is 9.86. The van der Waals surface area contributed by atoms with Crippen LogP contribution in [0.5, 0.6) is 0 Å². The average Bonchev–Trinajstić information content (AvgIpc) is 2.89. The van der Waals surface area contributed by atoms with E-state index in [1.165, 1.54) is 11.3 Å². The SMILES string of the molecule is N#Cc1cccc(NC(=O)NCCCc2csc(N)n2)c1. The maximum absolute atomic E-state index is 11.7. The minimum atomic E-state index is -0.289. The molecule has 0 atom stereocenters. The molecule has 108 valence electrons. The third kappa shape index (κ3) is 4.78. The van der Waals surface area contributed by atoms with Crippen LogP contribution in [0.15, 0.2) is 29.6 Å². The van der Waals surface area contributed by atoms with Crippen molar-refractivity contribution in [2.75, 3.05) is 17.6 Å². The van der Waals surface area contributed by atoms with Crippen LogP contribution in [0.2, 0.25) is 0 Å². The highest BCUT2D eigenvalue weighted by molar-refractivity contribution is 7.13. The standard InChI is InChI=1S/C14H15N5OS/c15-8-10-3-1-4-11(7-10)19-14(20)17-6-2-5-12-9-21-13(16)18-12/h1,3-4,7,9H,2,5-6H2,(H2,16,18)(H2,17,19,20).